The number of sulfonamides is 1. The first-order valence-electron chi connectivity index (χ1n) is 10.3. The van der Waals surface area contributed by atoms with E-state index in [-0.39, 0.29) is 23.4 Å². The van der Waals surface area contributed by atoms with Crippen molar-refractivity contribution in [1.82, 2.24) is 9.80 Å². The van der Waals surface area contributed by atoms with Gasteiger partial charge in [0, 0.05) is 19.2 Å². The van der Waals surface area contributed by atoms with Crippen molar-refractivity contribution in [2.45, 2.75) is 23.8 Å². The van der Waals surface area contributed by atoms with Gasteiger partial charge in [-0.25, -0.2) is 0 Å². The van der Waals surface area contributed by atoms with E-state index in [9.17, 15) is 13.2 Å². The van der Waals surface area contributed by atoms with Crippen LogP contribution in [0.4, 0.5) is 0 Å². The maximum Gasteiger partial charge on any atom is 0.285 e. The average Bonchev–Trinajstić information content (AvgIpc) is 3.37. The van der Waals surface area contributed by atoms with Crippen molar-refractivity contribution in [3.05, 3.63) is 53.6 Å². The van der Waals surface area contributed by atoms with Crippen LogP contribution < -0.4 is 9.47 Å². The highest BCUT2D eigenvalue weighted by Gasteiger charge is 2.34. The molecule has 162 valence electrons. The summed E-state index contributed by atoms with van der Waals surface area (Å²) in [6.07, 6.45) is 1.78. The molecule has 3 aliphatic rings. The van der Waals surface area contributed by atoms with E-state index < -0.39 is 10.0 Å². The molecule has 0 aromatic heterocycles. The lowest BCUT2D eigenvalue weighted by Crippen LogP contribution is -2.40. The number of hydrogen-bond acceptors (Lipinski definition) is 6. The van der Waals surface area contributed by atoms with Crippen LogP contribution in [0, 0.1) is 0 Å². The molecule has 2 aromatic rings. The Balaban J connectivity index is 1.35. The molecular weight excluding hydrogens is 418 g/mol. The number of amides is 1. The minimum atomic E-state index is -3.72. The van der Waals surface area contributed by atoms with Crippen molar-refractivity contribution < 1.29 is 22.7 Å². The maximum absolute atomic E-state index is 13.2. The third-order valence-corrected chi connectivity index (χ3v) is 7.20. The Morgan fingerprint density at radius 3 is 2.77 bits per heavy atom. The monoisotopic (exact) mass is 441 g/mol. The molecule has 3 heterocycles. The number of amidine groups is 1. The van der Waals surface area contributed by atoms with Gasteiger partial charge in [0.25, 0.3) is 10.0 Å². The molecular formula is C22H23N3O5S. The zero-order valence-corrected chi connectivity index (χ0v) is 18.0. The van der Waals surface area contributed by atoms with Crippen molar-refractivity contribution in [3.8, 4) is 11.5 Å². The fourth-order valence-corrected chi connectivity index (χ4v) is 5.66. The van der Waals surface area contributed by atoms with Gasteiger partial charge >= 0.3 is 0 Å². The molecule has 0 saturated carbocycles. The normalized spacial score (nSPS) is 20.9. The van der Waals surface area contributed by atoms with Gasteiger partial charge < -0.3 is 19.3 Å². The van der Waals surface area contributed by atoms with Gasteiger partial charge in [-0.2, -0.15) is 8.42 Å². The number of rotatable bonds is 3. The van der Waals surface area contributed by atoms with Crippen LogP contribution in [0.15, 0.2) is 51.8 Å². The highest BCUT2D eigenvalue weighted by Crippen LogP contribution is 2.38. The molecule has 1 amide bonds. The number of ether oxygens (including phenoxy) is 2. The lowest BCUT2D eigenvalue weighted by atomic mass is 10.0. The Hall–Kier alpha value is -3.07. The van der Waals surface area contributed by atoms with E-state index in [0.717, 1.165) is 24.2 Å². The standard InChI is InChI=1S/C22H23N3O5S/c1-24(22-16-5-2-3-7-20(16)31(27,28)23-22)14-21(26)25-10-4-6-17(25)15-8-9-18-19(13-15)30-12-11-29-18/h2-3,5,7-9,13,17H,4,6,10-12,14H2,1H3/t17-/m1/s1. The smallest absolute Gasteiger partial charge is 0.285 e. The first kappa shape index (κ1) is 19.9. The largest absolute Gasteiger partial charge is 0.486 e. The second-order valence-corrected chi connectivity index (χ2v) is 9.46. The van der Waals surface area contributed by atoms with Crippen molar-refractivity contribution in [3.63, 3.8) is 0 Å². The van der Waals surface area contributed by atoms with Gasteiger partial charge in [0.2, 0.25) is 5.91 Å². The van der Waals surface area contributed by atoms with Crippen LogP contribution in [-0.4, -0.2) is 63.3 Å². The van der Waals surface area contributed by atoms with Gasteiger partial charge in [0.15, 0.2) is 17.3 Å². The van der Waals surface area contributed by atoms with Gasteiger partial charge in [-0.15, -0.1) is 4.40 Å². The van der Waals surface area contributed by atoms with Crippen LogP contribution in [0.25, 0.3) is 0 Å². The van der Waals surface area contributed by atoms with E-state index in [0.29, 0.717) is 36.9 Å². The molecule has 3 aliphatic heterocycles. The molecule has 0 aliphatic carbocycles. The number of benzene rings is 2. The van der Waals surface area contributed by atoms with Crippen molar-refractivity contribution >= 4 is 21.8 Å². The molecule has 0 spiro atoms. The number of carbonyl (C=O) groups excluding carboxylic acids is 1. The fraction of sp³-hybridized carbons (Fsp3) is 0.364. The summed E-state index contributed by atoms with van der Waals surface area (Å²) in [7, 11) is -2.02. The van der Waals surface area contributed by atoms with Crippen molar-refractivity contribution in [1.29, 1.82) is 0 Å². The van der Waals surface area contributed by atoms with Crippen LogP contribution in [-0.2, 0) is 14.8 Å². The summed E-state index contributed by atoms with van der Waals surface area (Å²) in [4.78, 5) is 16.8. The average molecular weight is 442 g/mol. The summed E-state index contributed by atoms with van der Waals surface area (Å²) in [5, 5.41) is 0. The van der Waals surface area contributed by atoms with Gasteiger partial charge in [0.05, 0.1) is 12.6 Å². The van der Waals surface area contributed by atoms with E-state index in [1.54, 1.807) is 30.1 Å². The molecule has 1 fully saturated rings. The van der Waals surface area contributed by atoms with E-state index >= 15 is 0 Å². The molecule has 0 radical (unpaired) electrons. The van der Waals surface area contributed by atoms with Crippen LogP contribution in [0.1, 0.15) is 30.0 Å². The molecule has 0 N–H and O–H groups in total. The highest BCUT2D eigenvalue weighted by molar-refractivity contribution is 7.90. The topological polar surface area (TPSA) is 88.5 Å². The minimum Gasteiger partial charge on any atom is -0.486 e. The fourth-order valence-electron chi connectivity index (χ4n) is 4.41. The first-order valence-corrected chi connectivity index (χ1v) is 11.7. The minimum absolute atomic E-state index is 0.0433. The zero-order chi connectivity index (χ0) is 21.6. The molecule has 0 bridgehead atoms. The second-order valence-electron chi connectivity index (χ2n) is 7.89. The lowest BCUT2D eigenvalue weighted by molar-refractivity contribution is -0.132. The predicted molar refractivity (Wildman–Crippen MR) is 114 cm³/mol. The number of nitrogens with zero attached hydrogens (tertiary/aromatic N) is 3. The van der Waals surface area contributed by atoms with E-state index in [1.165, 1.54) is 6.07 Å². The van der Waals surface area contributed by atoms with Crippen molar-refractivity contribution in [2.24, 2.45) is 4.40 Å². The summed E-state index contributed by atoms with van der Waals surface area (Å²) < 4.78 is 39.9. The second kappa shape index (κ2) is 7.56. The molecule has 5 rings (SSSR count). The maximum atomic E-state index is 13.2. The lowest BCUT2D eigenvalue weighted by Gasteiger charge is -2.29. The SMILES string of the molecule is CN(CC(=O)N1CCC[C@@H]1c1ccc2c(c1)OCCO2)C1=NS(=O)(=O)c2ccccc21. The predicted octanol–water partition coefficient (Wildman–Crippen LogP) is 2.20. The third kappa shape index (κ3) is 3.52. The molecule has 8 nitrogen and oxygen atoms in total. The Kier molecular flexibility index (Phi) is 4.85. The quantitative estimate of drug-likeness (QED) is 0.726. The van der Waals surface area contributed by atoms with E-state index in [4.69, 9.17) is 9.47 Å². The third-order valence-electron chi connectivity index (χ3n) is 5.87. The molecule has 2 aromatic carbocycles. The van der Waals surface area contributed by atoms with Crippen molar-refractivity contribution in [2.75, 3.05) is 33.4 Å². The summed E-state index contributed by atoms with van der Waals surface area (Å²) in [5.74, 6) is 1.68. The molecule has 1 saturated heterocycles. The van der Waals surface area contributed by atoms with E-state index in [1.807, 2.05) is 23.1 Å². The Morgan fingerprint density at radius 2 is 1.94 bits per heavy atom. The van der Waals surface area contributed by atoms with Gasteiger partial charge in [-0.05, 0) is 42.7 Å². The summed E-state index contributed by atoms with van der Waals surface area (Å²) in [6.45, 7) is 1.76. The van der Waals surface area contributed by atoms with E-state index in [2.05, 4.69) is 4.40 Å². The first-order chi connectivity index (χ1) is 14.9. The number of likely N-dealkylation sites (tertiary alicyclic amines) is 1. The Labute approximate surface area is 181 Å². The van der Waals surface area contributed by atoms with Gasteiger partial charge in [0.1, 0.15) is 18.1 Å². The molecule has 0 unspecified atom stereocenters. The number of fused-ring (bicyclic) bond motifs is 2. The summed E-state index contributed by atoms with van der Waals surface area (Å²) in [5.41, 5.74) is 1.55. The van der Waals surface area contributed by atoms with Crippen LogP contribution in [0.5, 0.6) is 11.5 Å². The number of likely N-dealkylation sites (N-methyl/N-ethyl adjacent to an activating group) is 1. The Bertz CT molecular complexity index is 1180. The summed E-state index contributed by atoms with van der Waals surface area (Å²) in [6, 6.07) is 12.5. The highest BCUT2D eigenvalue weighted by atomic mass is 32.2. The van der Waals surface area contributed by atoms with Gasteiger partial charge in [-0.1, -0.05) is 18.2 Å². The molecule has 9 heteroatoms. The summed E-state index contributed by atoms with van der Waals surface area (Å²) >= 11 is 0. The van der Waals surface area contributed by atoms with Crippen LogP contribution in [0.2, 0.25) is 0 Å². The molecule has 31 heavy (non-hydrogen) atoms. The van der Waals surface area contributed by atoms with Crippen LogP contribution in [0.3, 0.4) is 0 Å². The van der Waals surface area contributed by atoms with Crippen LogP contribution >= 0.6 is 0 Å². The number of carbonyl (C=O) groups is 1. The van der Waals surface area contributed by atoms with Gasteiger partial charge in [-0.3, -0.25) is 4.79 Å². The number of hydrogen-bond donors (Lipinski definition) is 0. The zero-order valence-electron chi connectivity index (χ0n) is 17.2. The Morgan fingerprint density at radius 1 is 1.16 bits per heavy atom. The molecule has 1 atom stereocenters.